The van der Waals surface area contributed by atoms with E-state index in [1.807, 2.05) is 30.3 Å². The van der Waals surface area contributed by atoms with Crippen molar-refractivity contribution < 1.29 is 0 Å². The lowest BCUT2D eigenvalue weighted by Gasteiger charge is -2.40. The molecule has 2 aromatic rings. The number of para-hydroxylation sites is 1. The summed E-state index contributed by atoms with van der Waals surface area (Å²) in [4.78, 5) is 13.8. The number of hydrogen-bond acceptors (Lipinski definition) is 6. The highest BCUT2D eigenvalue weighted by Gasteiger charge is 2.24. The van der Waals surface area contributed by atoms with Gasteiger partial charge in [-0.2, -0.15) is 0 Å². The topological polar surface area (TPSA) is 68.1 Å². The predicted molar refractivity (Wildman–Crippen MR) is 117 cm³/mol. The zero-order valence-electron chi connectivity index (χ0n) is 17.2. The van der Waals surface area contributed by atoms with Crippen molar-refractivity contribution in [2.24, 2.45) is 5.92 Å². The molecule has 0 radical (unpaired) electrons. The van der Waals surface area contributed by atoms with E-state index >= 15 is 0 Å². The maximum Gasteiger partial charge on any atom is 0.135 e. The fraction of sp³-hybridized carbons (Fsp3) is 0.500. The van der Waals surface area contributed by atoms with Crippen molar-refractivity contribution in [1.82, 2.24) is 14.9 Å². The van der Waals surface area contributed by atoms with Gasteiger partial charge in [0, 0.05) is 49.2 Å². The Bertz CT molecular complexity index is 777. The van der Waals surface area contributed by atoms with E-state index in [9.17, 15) is 0 Å². The zero-order chi connectivity index (χ0) is 19.9. The van der Waals surface area contributed by atoms with Crippen LogP contribution in [0.3, 0.4) is 0 Å². The Morgan fingerprint density at radius 2 is 2.11 bits per heavy atom. The molecule has 0 saturated carbocycles. The molecule has 2 atom stereocenters. The third-order valence-corrected chi connectivity index (χ3v) is 5.73. The Balaban J connectivity index is 1.64. The highest BCUT2D eigenvalue weighted by molar-refractivity contribution is 5.87. The van der Waals surface area contributed by atoms with Gasteiger partial charge in [0.1, 0.15) is 18.0 Å². The molecule has 1 aromatic carbocycles. The zero-order valence-corrected chi connectivity index (χ0v) is 17.2. The first kappa shape index (κ1) is 20.3. The van der Waals surface area contributed by atoms with Crippen molar-refractivity contribution in [2.75, 3.05) is 36.4 Å². The van der Waals surface area contributed by atoms with Gasteiger partial charge in [0.25, 0.3) is 0 Å². The van der Waals surface area contributed by atoms with E-state index in [-0.39, 0.29) is 0 Å². The number of anilines is 3. The molecule has 1 aromatic heterocycles. The summed E-state index contributed by atoms with van der Waals surface area (Å²) in [5, 5.41) is 10.9. The van der Waals surface area contributed by atoms with Gasteiger partial charge in [-0.05, 0) is 31.9 Å². The van der Waals surface area contributed by atoms with Gasteiger partial charge >= 0.3 is 0 Å². The average molecular weight is 381 g/mol. The summed E-state index contributed by atoms with van der Waals surface area (Å²) in [6, 6.07) is 10.3. The molecule has 0 spiro atoms. The Hall–Kier alpha value is -2.47. The molecule has 2 heterocycles. The molecule has 2 N–H and O–H groups in total. The van der Waals surface area contributed by atoms with Gasteiger partial charge in [-0.3, -0.25) is 4.90 Å². The molecule has 1 saturated heterocycles. The van der Waals surface area contributed by atoms with E-state index in [0.717, 1.165) is 48.4 Å². The van der Waals surface area contributed by atoms with E-state index in [2.05, 4.69) is 45.9 Å². The maximum atomic E-state index is 7.56. The molecule has 0 aliphatic carbocycles. The molecule has 1 aliphatic rings. The number of piperazine rings is 1. The summed E-state index contributed by atoms with van der Waals surface area (Å²) in [7, 11) is 0. The van der Waals surface area contributed by atoms with Gasteiger partial charge in [0.2, 0.25) is 0 Å². The predicted octanol–water partition coefficient (Wildman–Crippen LogP) is 4.16. The number of aromatic nitrogens is 2. The normalized spacial score (nSPS) is 18.7. The first-order valence-corrected chi connectivity index (χ1v) is 10.3. The highest BCUT2D eigenvalue weighted by Crippen LogP contribution is 2.23. The lowest BCUT2D eigenvalue weighted by atomic mass is 10.0. The molecule has 6 heteroatoms. The quantitative estimate of drug-likeness (QED) is 0.673. The fourth-order valence-electron chi connectivity index (χ4n) is 3.59. The van der Waals surface area contributed by atoms with Crippen LogP contribution in [0.2, 0.25) is 0 Å². The van der Waals surface area contributed by atoms with Crippen LogP contribution in [0.15, 0.2) is 36.7 Å². The molecule has 6 nitrogen and oxygen atoms in total. The minimum Gasteiger partial charge on any atom is -0.354 e. The number of nitrogens with one attached hydrogen (secondary N) is 2. The summed E-state index contributed by atoms with van der Waals surface area (Å²) in [5.74, 6) is 2.51. The molecule has 1 aliphatic heterocycles. The monoisotopic (exact) mass is 380 g/mol. The molecule has 0 bridgehead atoms. The first-order chi connectivity index (χ1) is 13.6. The van der Waals surface area contributed by atoms with Crippen LogP contribution in [0, 0.1) is 11.3 Å². The SMILES string of the molecule is CCC(C)CCN1CCN(c2cc(Nc3ccccc3C=N)ncn2)CC1C. The van der Waals surface area contributed by atoms with E-state index in [0.29, 0.717) is 6.04 Å². The van der Waals surface area contributed by atoms with Gasteiger partial charge < -0.3 is 15.6 Å². The smallest absolute Gasteiger partial charge is 0.135 e. The van der Waals surface area contributed by atoms with Crippen LogP contribution >= 0.6 is 0 Å². The molecule has 1 fully saturated rings. The Kier molecular flexibility index (Phi) is 6.98. The third kappa shape index (κ3) is 5.07. The number of benzene rings is 1. The van der Waals surface area contributed by atoms with E-state index in [4.69, 9.17) is 5.41 Å². The van der Waals surface area contributed by atoms with Crippen molar-refractivity contribution in [3.05, 3.63) is 42.2 Å². The van der Waals surface area contributed by atoms with Crippen LogP contribution < -0.4 is 10.2 Å². The molecule has 150 valence electrons. The minimum absolute atomic E-state index is 0.517. The second kappa shape index (κ2) is 9.64. The van der Waals surface area contributed by atoms with Gasteiger partial charge in [0.15, 0.2) is 0 Å². The van der Waals surface area contributed by atoms with Gasteiger partial charge in [-0.25, -0.2) is 9.97 Å². The molecule has 3 rings (SSSR count). The summed E-state index contributed by atoms with van der Waals surface area (Å²) in [6.45, 7) is 11.1. The van der Waals surface area contributed by atoms with Crippen molar-refractivity contribution in [3.8, 4) is 0 Å². The van der Waals surface area contributed by atoms with Gasteiger partial charge in [0.05, 0.1) is 0 Å². The Morgan fingerprint density at radius 3 is 2.86 bits per heavy atom. The van der Waals surface area contributed by atoms with Crippen LogP contribution in [0.4, 0.5) is 17.3 Å². The Morgan fingerprint density at radius 1 is 1.29 bits per heavy atom. The first-order valence-electron chi connectivity index (χ1n) is 10.3. The van der Waals surface area contributed by atoms with E-state index in [1.54, 1.807) is 6.33 Å². The van der Waals surface area contributed by atoms with Crippen molar-refractivity contribution in [1.29, 1.82) is 5.41 Å². The number of rotatable bonds is 8. The molecule has 0 amide bonds. The second-order valence-electron chi connectivity index (χ2n) is 7.75. The molecular weight excluding hydrogens is 348 g/mol. The second-order valence-corrected chi connectivity index (χ2v) is 7.75. The number of nitrogens with zero attached hydrogens (tertiary/aromatic N) is 4. The molecular formula is C22H32N6. The summed E-state index contributed by atoms with van der Waals surface area (Å²) >= 11 is 0. The van der Waals surface area contributed by atoms with Crippen LogP contribution in [0.25, 0.3) is 0 Å². The largest absolute Gasteiger partial charge is 0.354 e. The lowest BCUT2D eigenvalue weighted by molar-refractivity contribution is 0.177. The summed E-state index contributed by atoms with van der Waals surface area (Å²) in [6.07, 6.45) is 5.50. The third-order valence-electron chi connectivity index (χ3n) is 5.73. The van der Waals surface area contributed by atoms with Gasteiger partial charge in [-0.1, -0.05) is 38.5 Å². The average Bonchev–Trinajstić information content (AvgIpc) is 2.73. The fourth-order valence-corrected chi connectivity index (χ4v) is 3.59. The van der Waals surface area contributed by atoms with Crippen LogP contribution in [-0.2, 0) is 0 Å². The molecule has 2 unspecified atom stereocenters. The van der Waals surface area contributed by atoms with Crippen molar-refractivity contribution in [2.45, 2.75) is 39.7 Å². The van der Waals surface area contributed by atoms with Crippen LogP contribution in [0.5, 0.6) is 0 Å². The van der Waals surface area contributed by atoms with Crippen LogP contribution in [0.1, 0.15) is 39.2 Å². The summed E-state index contributed by atoms with van der Waals surface area (Å²) < 4.78 is 0. The minimum atomic E-state index is 0.517. The standard InChI is InChI=1S/C22H32N6/c1-4-17(2)9-10-27-11-12-28(15-18(27)3)22-13-21(24-16-25-22)26-20-8-6-5-7-19(20)14-23/h5-8,13-14,16-18,23H,4,9-12,15H2,1-3H3,(H,24,25,26). The van der Waals surface area contributed by atoms with E-state index in [1.165, 1.54) is 25.6 Å². The summed E-state index contributed by atoms with van der Waals surface area (Å²) in [5.41, 5.74) is 1.72. The van der Waals surface area contributed by atoms with Crippen LogP contribution in [-0.4, -0.2) is 53.3 Å². The lowest BCUT2D eigenvalue weighted by Crippen LogP contribution is -2.52. The van der Waals surface area contributed by atoms with Crippen molar-refractivity contribution >= 4 is 23.5 Å². The maximum absolute atomic E-state index is 7.56. The van der Waals surface area contributed by atoms with E-state index < -0.39 is 0 Å². The van der Waals surface area contributed by atoms with Gasteiger partial charge in [-0.15, -0.1) is 0 Å². The number of hydrogen-bond donors (Lipinski definition) is 2. The van der Waals surface area contributed by atoms with Crippen molar-refractivity contribution in [3.63, 3.8) is 0 Å². The molecule has 28 heavy (non-hydrogen) atoms. The highest BCUT2D eigenvalue weighted by atomic mass is 15.3. The Labute approximate surface area is 168 Å².